The molecule has 20 heteroatoms. The van der Waals surface area contributed by atoms with E-state index in [1.165, 1.54) is 13.0 Å². The summed E-state index contributed by atoms with van der Waals surface area (Å²) in [7, 11) is -4.58. The maximum Gasteiger partial charge on any atom is 0.490 e. The van der Waals surface area contributed by atoms with Gasteiger partial charge in [0, 0.05) is 12.2 Å². The molecule has 0 bridgehead atoms. The van der Waals surface area contributed by atoms with E-state index in [2.05, 4.69) is 15.8 Å². The maximum absolute atomic E-state index is 12.9. The molecular formula is C20H22F6N6O7S. The predicted octanol–water partition coefficient (Wildman–Crippen LogP) is 1.21. The molecule has 1 amide bonds. The van der Waals surface area contributed by atoms with Gasteiger partial charge in [0.1, 0.15) is 5.69 Å². The van der Waals surface area contributed by atoms with Crippen LogP contribution in [0.5, 0.6) is 0 Å². The fourth-order valence-corrected chi connectivity index (χ4v) is 3.80. The first-order valence-electron chi connectivity index (χ1n) is 10.5. The smallest absolute Gasteiger partial charge is 0.475 e. The zero-order valence-corrected chi connectivity index (χ0v) is 21.0. The van der Waals surface area contributed by atoms with Crippen LogP contribution in [0.25, 0.3) is 0 Å². The molecule has 0 spiro atoms. The number of nitrogens with two attached hydrogens (primary N) is 1. The number of carboxylic acid groups (broad SMARTS) is 1. The quantitative estimate of drug-likeness (QED) is 0.0719. The van der Waals surface area contributed by atoms with Crippen LogP contribution >= 0.6 is 0 Å². The number of anilines is 1. The molecule has 1 heterocycles. The second kappa shape index (κ2) is 13.6. The number of sulfonamides is 1. The number of H-pyrrole nitrogens is 1. The average molecular weight is 604 g/mol. The molecule has 0 unspecified atom stereocenters. The lowest BCUT2D eigenvalue weighted by Crippen LogP contribution is -2.35. The summed E-state index contributed by atoms with van der Waals surface area (Å²) < 4.78 is 97.9. The maximum atomic E-state index is 12.9. The van der Waals surface area contributed by atoms with Crippen LogP contribution in [0.15, 0.2) is 40.0 Å². The predicted molar refractivity (Wildman–Crippen MR) is 125 cm³/mol. The summed E-state index contributed by atoms with van der Waals surface area (Å²) in [4.78, 5) is 39.9. The molecular weight excluding hydrogens is 582 g/mol. The minimum atomic E-state index is -5.08. The van der Waals surface area contributed by atoms with Gasteiger partial charge >= 0.3 is 18.3 Å². The number of benzene rings is 1. The molecule has 0 radical (unpaired) electrons. The normalized spacial score (nSPS) is 11.6. The van der Waals surface area contributed by atoms with Gasteiger partial charge in [0.05, 0.1) is 23.5 Å². The van der Waals surface area contributed by atoms with E-state index < -0.39 is 68.3 Å². The van der Waals surface area contributed by atoms with E-state index in [9.17, 15) is 44.3 Å². The number of halogens is 6. The Labute approximate surface area is 221 Å². The number of aryl methyl sites for hydroxylation is 1. The molecule has 2 aromatic rings. The Balaban J connectivity index is 0.00000101. The molecule has 8 N–H and O–H groups in total. The number of hydroxylamine groups is 1. The Kier molecular flexibility index (Phi) is 11.5. The summed E-state index contributed by atoms with van der Waals surface area (Å²) in [5.41, 5.74) is 4.88. The highest BCUT2D eigenvalue weighted by Crippen LogP contribution is 2.31. The van der Waals surface area contributed by atoms with Crippen molar-refractivity contribution in [2.45, 2.75) is 30.6 Å². The van der Waals surface area contributed by atoms with Gasteiger partial charge in [-0.05, 0) is 36.8 Å². The number of guanidine groups is 1. The third kappa shape index (κ3) is 11.2. The van der Waals surface area contributed by atoms with Gasteiger partial charge in [0.2, 0.25) is 11.9 Å². The van der Waals surface area contributed by atoms with Crippen LogP contribution in [0.3, 0.4) is 0 Å². The van der Waals surface area contributed by atoms with E-state index >= 15 is 0 Å². The number of alkyl halides is 6. The second-order valence-electron chi connectivity index (χ2n) is 7.51. The van der Waals surface area contributed by atoms with E-state index in [1.807, 2.05) is 4.72 Å². The van der Waals surface area contributed by atoms with Crippen LogP contribution in [0.4, 0.5) is 32.0 Å². The summed E-state index contributed by atoms with van der Waals surface area (Å²) in [5, 5.41) is 16.5. The number of carbonyl (C=O) groups excluding carboxylic acids is 1. The average Bonchev–Trinajstić information content (AvgIpc) is 2.80. The van der Waals surface area contributed by atoms with Crippen molar-refractivity contribution < 1.29 is 54.3 Å². The number of rotatable bonds is 9. The molecule has 1 aromatic carbocycles. The zero-order chi connectivity index (χ0) is 30.9. The van der Waals surface area contributed by atoms with Crippen molar-refractivity contribution in [1.29, 1.82) is 5.41 Å². The summed E-state index contributed by atoms with van der Waals surface area (Å²) in [6.07, 6.45) is -10.3. The summed E-state index contributed by atoms with van der Waals surface area (Å²) >= 11 is 0. The van der Waals surface area contributed by atoms with Crippen molar-refractivity contribution in [2.24, 2.45) is 5.73 Å². The van der Waals surface area contributed by atoms with E-state index in [1.54, 1.807) is 0 Å². The van der Waals surface area contributed by atoms with Gasteiger partial charge in [-0.3, -0.25) is 24.6 Å². The third-order valence-electron chi connectivity index (χ3n) is 4.26. The van der Waals surface area contributed by atoms with E-state index in [4.69, 9.17) is 25.9 Å². The molecule has 0 aliphatic carbocycles. The minimum absolute atomic E-state index is 0.00653. The Morgan fingerprint density at radius 3 is 2.27 bits per heavy atom. The van der Waals surface area contributed by atoms with Gasteiger partial charge in [-0.1, -0.05) is 6.07 Å². The fourth-order valence-electron chi connectivity index (χ4n) is 2.65. The molecule has 1 aromatic heterocycles. The van der Waals surface area contributed by atoms with Crippen molar-refractivity contribution in [2.75, 3.05) is 17.9 Å². The Morgan fingerprint density at radius 2 is 1.75 bits per heavy atom. The summed E-state index contributed by atoms with van der Waals surface area (Å²) in [5.74, 6) is -3.78. The van der Waals surface area contributed by atoms with E-state index in [0.29, 0.717) is 17.8 Å². The Morgan fingerprint density at radius 1 is 1.15 bits per heavy atom. The van der Waals surface area contributed by atoms with Crippen molar-refractivity contribution in [1.82, 2.24) is 15.8 Å². The van der Waals surface area contributed by atoms with Crippen molar-refractivity contribution in [3.8, 4) is 0 Å². The largest absolute Gasteiger partial charge is 0.490 e. The van der Waals surface area contributed by atoms with Crippen LogP contribution in [0.1, 0.15) is 16.8 Å². The van der Waals surface area contributed by atoms with Crippen LogP contribution in [-0.4, -0.2) is 55.7 Å². The number of amides is 1. The van der Waals surface area contributed by atoms with Crippen molar-refractivity contribution in [3.63, 3.8) is 0 Å². The van der Waals surface area contributed by atoms with Crippen molar-refractivity contribution >= 4 is 33.5 Å². The lowest BCUT2D eigenvalue weighted by Gasteiger charge is -2.14. The van der Waals surface area contributed by atoms with Gasteiger partial charge in [0.25, 0.3) is 15.6 Å². The molecule has 40 heavy (non-hydrogen) atoms. The number of aliphatic carboxylic acids is 1. The number of carboxylic acids is 1. The second-order valence-corrected chi connectivity index (χ2v) is 9.19. The Hall–Kier alpha value is -4.33. The first-order valence-corrected chi connectivity index (χ1v) is 11.9. The minimum Gasteiger partial charge on any atom is -0.475 e. The van der Waals surface area contributed by atoms with Crippen LogP contribution in [-0.2, 0) is 37.0 Å². The highest BCUT2D eigenvalue weighted by Gasteiger charge is 2.38. The Bertz CT molecular complexity index is 1390. The number of aromatic nitrogens is 1. The monoisotopic (exact) mass is 604 g/mol. The molecule has 0 fully saturated rings. The third-order valence-corrected chi connectivity index (χ3v) is 5.61. The molecule has 0 saturated heterocycles. The number of aromatic amines is 1. The number of hydrogen-bond donors (Lipinski definition) is 7. The highest BCUT2D eigenvalue weighted by atomic mass is 32.2. The van der Waals surface area contributed by atoms with E-state index in [0.717, 1.165) is 12.1 Å². The lowest BCUT2D eigenvalue weighted by atomic mass is 10.1. The van der Waals surface area contributed by atoms with Crippen LogP contribution in [0, 0.1) is 12.3 Å². The summed E-state index contributed by atoms with van der Waals surface area (Å²) in [6.45, 7) is 1.47. The first kappa shape index (κ1) is 33.7. The number of carbonyl (C=O) groups is 2. The standard InChI is InChI=1S/C18H21F3N6O5S.C2HF3O2/c1-10-7-11(8-14(28)24-5-6-32-26-17(22)23)15(16(29)25-10)27-33(30,31)13-4-2-3-12(9-13)18(19,20)21;3-2(4,5)1(6)7/h2-4,7,9,27H,5-6,8H2,1H3,(H,24,28)(H,25,29)(H4,22,23,26);(H,6,7). The first-order chi connectivity index (χ1) is 18.2. The molecule has 13 nitrogen and oxygen atoms in total. The van der Waals surface area contributed by atoms with Gasteiger partial charge in [-0.25, -0.2) is 18.7 Å². The van der Waals surface area contributed by atoms with Crippen LogP contribution < -0.4 is 26.8 Å². The molecule has 2 rings (SSSR count). The zero-order valence-electron chi connectivity index (χ0n) is 20.2. The lowest BCUT2D eigenvalue weighted by molar-refractivity contribution is -0.192. The number of nitrogens with one attached hydrogen (secondary N) is 5. The van der Waals surface area contributed by atoms with Crippen molar-refractivity contribution in [3.05, 3.63) is 57.5 Å². The number of hydrogen-bond acceptors (Lipinski definition) is 7. The van der Waals surface area contributed by atoms with E-state index in [-0.39, 0.29) is 18.7 Å². The molecule has 0 aliphatic rings. The van der Waals surface area contributed by atoms with Gasteiger partial charge in [0.15, 0.2) is 0 Å². The molecule has 0 aliphatic heterocycles. The topological polar surface area (TPSA) is 217 Å². The molecule has 222 valence electrons. The van der Waals surface area contributed by atoms with Gasteiger partial charge < -0.3 is 21.1 Å². The summed E-state index contributed by atoms with van der Waals surface area (Å²) in [6, 6.07) is 4.38. The molecule has 0 saturated carbocycles. The number of pyridine rings is 1. The SMILES string of the molecule is Cc1cc(CC(=O)NCCONC(=N)N)c(NS(=O)(=O)c2cccc(C(F)(F)F)c2)c(=O)[nH]1.O=C(O)C(F)(F)F. The van der Waals surface area contributed by atoms with Gasteiger partial charge in [-0.15, -0.1) is 0 Å². The van der Waals surface area contributed by atoms with Gasteiger partial charge in [-0.2, -0.15) is 26.3 Å². The fraction of sp³-hybridized carbons (Fsp3) is 0.300. The molecule has 0 atom stereocenters. The highest BCUT2D eigenvalue weighted by molar-refractivity contribution is 7.92. The van der Waals surface area contributed by atoms with Crippen LogP contribution in [0.2, 0.25) is 0 Å².